The number of hydrogen-bond acceptors (Lipinski definition) is 3. The van der Waals surface area contributed by atoms with Crippen LogP contribution in [-0.4, -0.2) is 51.9 Å². The topological polar surface area (TPSA) is 48.9 Å². The molecule has 0 aliphatic carbocycles. The number of hydrogen-bond donors (Lipinski definition) is 2. The first-order valence-corrected chi connectivity index (χ1v) is 9.82. The molecule has 6 heteroatoms. The number of halogens is 1. The van der Waals surface area contributed by atoms with Crippen molar-refractivity contribution < 1.29 is 4.74 Å². The van der Waals surface area contributed by atoms with E-state index in [1.165, 1.54) is 16.8 Å². The maximum absolute atomic E-state index is 5.35. The molecule has 27 heavy (non-hydrogen) atoms. The Morgan fingerprint density at radius 3 is 2.78 bits per heavy atom. The Hall–Kier alpha value is -1.28. The van der Waals surface area contributed by atoms with Crippen LogP contribution in [0.25, 0.3) is 0 Å². The quantitative estimate of drug-likeness (QED) is 0.242. The molecule has 2 rings (SSSR count). The van der Waals surface area contributed by atoms with Crippen molar-refractivity contribution in [3.8, 4) is 0 Å². The molecule has 0 amide bonds. The van der Waals surface area contributed by atoms with E-state index < -0.39 is 0 Å². The first kappa shape index (κ1) is 23.8. The summed E-state index contributed by atoms with van der Waals surface area (Å²) in [5, 5.41) is 6.80. The Kier molecular flexibility index (Phi) is 12.2. The third kappa shape index (κ3) is 8.97. The molecule has 1 aliphatic heterocycles. The molecule has 0 aromatic heterocycles. The van der Waals surface area contributed by atoms with Gasteiger partial charge in [0, 0.05) is 38.4 Å². The van der Waals surface area contributed by atoms with Crippen molar-refractivity contribution in [3.05, 3.63) is 41.5 Å². The lowest BCUT2D eigenvalue weighted by Crippen LogP contribution is -2.41. The van der Waals surface area contributed by atoms with Gasteiger partial charge in [0.05, 0.1) is 13.2 Å². The third-order valence-corrected chi connectivity index (χ3v) is 4.53. The summed E-state index contributed by atoms with van der Waals surface area (Å²) in [5.74, 6) is 0.903. The molecule has 152 valence electrons. The number of anilines is 1. The standard InChI is InChI=1S/C21H34N4O.HI/c1-4-22-21(23-12-9-19-10-15-26-16-11-19)24-13-14-25(5-2)20-8-6-7-18(3)17-20;/h6-8,10,17H,4-5,9,11-16H2,1-3H3,(H2,22,23,24);1H. The van der Waals surface area contributed by atoms with Crippen molar-refractivity contribution in [2.75, 3.05) is 50.8 Å². The van der Waals surface area contributed by atoms with Crippen molar-refractivity contribution in [3.63, 3.8) is 0 Å². The molecular weight excluding hydrogens is 451 g/mol. The smallest absolute Gasteiger partial charge is 0.191 e. The van der Waals surface area contributed by atoms with Crippen LogP contribution in [-0.2, 0) is 4.74 Å². The highest BCUT2D eigenvalue weighted by molar-refractivity contribution is 14.0. The molecule has 0 radical (unpaired) electrons. The number of aliphatic imine (C=N–C) groups is 1. The van der Waals surface area contributed by atoms with Crippen LogP contribution < -0.4 is 15.5 Å². The SMILES string of the molecule is CCNC(=NCCC1=CCOCC1)NCCN(CC)c1cccc(C)c1.I. The zero-order valence-electron chi connectivity index (χ0n) is 17.0. The second-order valence-corrected chi connectivity index (χ2v) is 6.54. The minimum absolute atomic E-state index is 0. The van der Waals surface area contributed by atoms with Gasteiger partial charge in [-0.2, -0.15) is 0 Å². The van der Waals surface area contributed by atoms with Gasteiger partial charge in [-0.15, -0.1) is 24.0 Å². The van der Waals surface area contributed by atoms with Crippen LogP contribution in [0.4, 0.5) is 5.69 Å². The second-order valence-electron chi connectivity index (χ2n) is 6.54. The summed E-state index contributed by atoms with van der Waals surface area (Å²) in [6, 6.07) is 8.68. The molecule has 1 aliphatic rings. The highest BCUT2D eigenvalue weighted by Gasteiger charge is 2.06. The Morgan fingerprint density at radius 2 is 2.11 bits per heavy atom. The lowest BCUT2D eigenvalue weighted by atomic mass is 10.1. The highest BCUT2D eigenvalue weighted by atomic mass is 127. The van der Waals surface area contributed by atoms with Gasteiger partial charge in [0.2, 0.25) is 0 Å². The summed E-state index contributed by atoms with van der Waals surface area (Å²) in [4.78, 5) is 7.10. The average molecular weight is 486 g/mol. The number of guanidine groups is 1. The number of rotatable bonds is 9. The van der Waals surface area contributed by atoms with Crippen molar-refractivity contribution in [1.82, 2.24) is 10.6 Å². The van der Waals surface area contributed by atoms with Crippen molar-refractivity contribution in [1.29, 1.82) is 0 Å². The van der Waals surface area contributed by atoms with Gasteiger partial charge >= 0.3 is 0 Å². The van der Waals surface area contributed by atoms with E-state index in [4.69, 9.17) is 9.73 Å². The minimum Gasteiger partial charge on any atom is -0.377 e. The first-order chi connectivity index (χ1) is 12.7. The summed E-state index contributed by atoms with van der Waals surface area (Å²) >= 11 is 0. The van der Waals surface area contributed by atoms with Gasteiger partial charge in [0.15, 0.2) is 5.96 Å². The molecular formula is C21H35IN4O. The van der Waals surface area contributed by atoms with Crippen LogP contribution in [0.5, 0.6) is 0 Å². The van der Waals surface area contributed by atoms with Crippen LogP contribution in [0.1, 0.15) is 32.3 Å². The third-order valence-electron chi connectivity index (χ3n) is 4.53. The summed E-state index contributed by atoms with van der Waals surface area (Å²) in [6.45, 7) is 12.5. The van der Waals surface area contributed by atoms with Gasteiger partial charge in [-0.25, -0.2) is 0 Å². The Bertz CT molecular complexity index is 604. The van der Waals surface area contributed by atoms with Crippen LogP contribution in [0.2, 0.25) is 0 Å². The molecule has 0 atom stereocenters. The van der Waals surface area contributed by atoms with Crippen molar-refractivity contribution in [2.45, 2.75) is 33.6 Å². The fourth-order valence-corrected chi connectivity index (χ4v) is 3.05. The van der Waals surface area contributed by atoms with Crippen LogP contribution in [0, 0.1) is 6.92 Å². The predicted molar refractivity (Wildman–Crippen MR) is 127 cm³/mol. The van der Waals surface area contributed by atoms with E-state index in [-0.39, 0.29) is 24.0 Å². The molecule has 1 aromatic rings. The summed E-state index contributed by atoms with van der Waals surface area (Å²) < 4.78 is 5.35. The fraction of sp³-hybridized carbons (Fsp3) is 0.571. The number of nitrogens with one attached hydrogen (secondary N) is 2. The Morgan fingerprint density at radius 1 is 1.26 bits per heavy atom. The molecule has 2 N–H and O–H groups in total. The minimum atomic E-state index is 0. The zero-order chi connectivity index (χ0) is 18.6. The molecule has 0 spiro atoms. The van der Waals surface area contributed by atoms with E-state index in [0.717, 1.165) is 64.7 Å². The van der Waals surface area contributed by atoms with Crippen LogP contribution in [0.3, 0.4) is 0 Å². The molecule has 0 unspecified atom stereocenters. The van der Waals surface area contributed by atoms with E-state index in [1.807, 2.05) is 0 Å². The summed E-state index contributed by atoms with van der Waals surface area (Å²) in [7, 11) is 0. The van der Waals surface area contributed by atoms with Gasteiger partial charge in [-0.05, 0) is 51.3 Å². The number of aryl methyl sites for hydroxylation is 1. The van der Waals surface area contributed by atoms with Crippen LogP contribution in [0.15, 0.2) is 40.9 Å². The van der Waals surface area contributed by atoms with E-state index in [0.29, 0.717) is 0 Å². The first-order valence-electron chi connectivity index (χ1n) is 9.82. The number of ether oxygens (including phenoxy) is 1. The molecule has 0 fully saturated rings. The fourth-order valence-electron chi connectivity index (χ4n) is 3.05. The van der Waals surface area contributed by atoms with Crippen LogP contribution >= 0.6 is 24.0 Å². The summed E-state index contributed by atoms with van der Waals surface area (Å²) in [6.07, 6.45) is 4.26. The largest absolute Gasteiger partial charge is 0.377 e. The zero-order valence-corrected chi connectivity index (χ0v) is 19.3. The van der Waals surface area contributed by atoms with E-state index in [1.54, 1.807) is 0 Å². The maximum atomic E-state index is 5.35. The highest BCUT2D eigenvalue weighted by Crippen LogP contribution is 2.15. The predicted octanol–water partition coefficient (Wildman–Crippen LogP) is 3.73. The molecule has 0 saturated carbocycles. The van der Waals surface area contributed by atoms with E-state index >= 15 is 0 Å². The molecule has 0 saturated heterocycles. The van der Waals surface area contributed by atoms with E-state index in [9.17, 15) is 0 Å². The van der Waals surface area contributed by atoms with Gasteiger partial charge in [-0.1, -0.05) is 23.8 Å². The molecule has 1 aromatic carbocycles. The van der Waals surface area contributed by atoms with Crippen molar-refractivity contribution >= 4 is 35.6 Å². The summed E-state index contributed by atoms with van der Waals surface area (Å²) in [5.41, 5.74) is 4.04. The number of benzene rings is 1. The molecule has 5 nitrogen and oxygen atoms in total. The second kappa shape index (κ2) is 13.8. The normalized spacial score (nSPS) is 14.2. The Labute approximate surface area is 181 Å². The van der Waals surface area contributed by atoms with Gasteiger partial charge < -0.3 is 20.3 Å². The monoisotopic (exact) mass is 486 g/mol. The van der Waals surface area contributed by atoms with Crippen molar-refractivity contribution in [2.24, 2.45) is 4.99 Å². The van der Waals surface area contributed by atoms with Gasteiger partial charge in [-0.3, -0.25) is 4.99 Å². The lowest BCUT2D eigenvalue weighted by molar-refractivity contribution is 0.153. The number of nitrogens with zero attached hydrogens (tertiary/aromatic N) is 2. The number of likely N-dealkylation sites (N-methyl/N-ethyl adjacent to an activating group) is 1. The Balaban J connectivity index is 0.00000364. The molecule has 1 heterocycles. The maximum Gasteiger partial charge on any atom is 0.191 e. The van der Waals surface area contributed by atoms with Gasteiger partial charge in [0.1, 0.15) is 0 Å². The average Bonchev–Trinajstić information content (AvgIpc) is 2.66. The lowest BCUT2D eigenvalue weighted by Gasteiger charge is -2.24. The van der Waals surface area contributed by atoms with Gasteiger partial charge in [0.25, 0.3) is 0 Å². The van der Waals surface area contributed by atoms with E-state index in [2.05, 4.69) is 66.6 Å². The molecule has 0 bridgehead atoms.